The van der Waals surface area contributed by atoms with Crippen LogP contribution in [0.3, 0.4) is 0 Å². The SMILES string of the molecule is Cc1ccc2sc(N(CCN3CCOCC3)C(=O)c3ccc(C(C)(C)C)cc3)nc2c1C.Cl. The molecule has 0 atom stereocenters. The fraction of sp³-hybridized carbons (Fsp3) is 0.462. The number of hydrogen-bond donors (Lipinski definition) is 0. The first-order chi connectivity index (χ1) is 15.2. The number of halogens is 1. The molecule has 7 heteroatoms. The van der Waals surface area contributed by atoms with Crippen molar-refractivity contribution < 1.29 is 9.53 Å². The van der Waals surface area contributed by atoms with Crippen LogP contribution in [0.2, 0.25) is 0 Å². The molecule has 0 spiro atoms. The van der Waals surface area contributed by atoms with Gasteiger partial charge in [0.1, 0.15) is 0 Å². The summed E-state index contributed by atoms with van der Waals surface area (Å²) in [6, 6.07) is 12.3. The quantitative estimate of drug-likeness (QED) is 0.469. The Morgan fingerprint density at radius 1 is 1.09 bits per heavy atom. The molecule has 1 aliphatic rings. The minimum atomic E-state index is 0. The van der Waals surface area contributed by atoms with Gasteiger partial charge in [0.05, 0.1) is 23.4 Å². The standard InChI is InChI=1S/C26H33N3O2S.ClH/c1-18-6-11-22-23(19(18)2)27-25(32-22)29(13-12-28-14-16-31-17-15-28)24(30)20-7-9-21(10-8-20)26(3,4)5;/h6-11H,12-17H2,1-5H3;1H. The first kappa shape index (κ1) is 25.6. The molecule has 1 amide bonds. The van der Waals surface area contributed by atoms with Gasteiger partial charge in [-0.15, -0.1) is 12.4 Å². The number of rotatable bonds is 5. The predicted molar refractivity (Wildman–Crippen MR) is 140 cm³/mol. The van der Waals surface area contributed by atoms with E-state index in [0.717, 1.165) is 48.2 Å². The zero-order valence-electron chi connectivity index (χ0n) is 20.2. The van der Waals surface area contributed by atoms with E-state index in [-0.39, 0.29) is 23.7 Å². The fourth-order valence-electron chi connectivity index (χ4n) is 3.95. The summed E-state index contributed by atoms with van der Waals surface area (Å²) in [6.45, 7) is 15.5. The predicted octanol–water partition coefficient (Wildman–Crippen LogP) is 5.61. The molecule has 2 aromatic carbocycles. The molecule has 0 unspecified atom stereocenters. The molecule has 0 N–H and O–H groups in total. The third-order valence-corrected chi connectivity index (χ3v) is 7.33. The number of nitrogens with zero attached hydrogens (tertiary/aromatic N) is 3. The van der Waals surface area contributed by atoms with Gasteiger partial charge in [0.2, 0.25) is 0 Å². The molecular formula is C26H34ClN3O2S. The first-order valence-electron chi connectivity index (χ1n) is 11.3. The van der Waals surface area contributed by atoms with Gasteiger partial charge >= 0.3 is 0 Å². The van der Waals surface area contributed by atoms with Gasteiger partial charge in [-0.25, -0.2) is 4.98 Å². The lowest BCUT2D eigenvalue weighted by atomic mass is 9.86. The van der Waals surface area contributed by atoms with Crippen molar-refractivity contribution in [1.82, 2.24) is 9.88 Å². The second-order valence-corrected chi connectivity index (χ2v) is 10.6. The van der Waals surface area contributed by atoms with E-state index in [1.165, 1.54) is 16.7 Å². The maximum atomic E-state index is 13.7. The van der Waals surface area contributed by atoms with Crippen LogP contribution in [0.4, 0.5) is 5.13 Å². The van der Waals surface area contributed by atoms with Crippen LogP contribution < -0.4 is 4.90 Å². The molecule has 0 radical (unpaired) electrons. The van der Waals surface area contributed by atoms with Crippen molar-refractivity contribution >= 4 is 45.0 Å². The van der Waals surface area contributed by atoms with E-state index in [4.69, 9.17) is 9.72 Å². The third kappa shape index (κ3) is 5.75. The number of carbonyl (C=O) groups is 1. The highest BCUT2D eigenvalue weighted by Gasteiger charge is 2.24. The molecule has 2 heterocycles. The second-order valence-electron chi connectivity index (χ2n) is 9.59. The van der Waals surface area contributed by atoms with Gasteiger partial charge in [-0.05, 0) is 54.2 Å². The average Bonchev–Trinajstić information content (AvgIpc) is 3.21. The van der Waals surface area contributed by atoms with Crippen LogP contribution in [0.25, 0.3) is 10.2 Å². The summed E-state index contributed by atoms with van der Waals surface area (Å²) in [5.41, 5.74) is 5.38. The lowest BCUT2D eigenvalue weighted by Gasteiger charge is -2.29. The summed E-state index contributed by atoms with van der Waals surface area (Å²) in [5, 5.41) is 0.770. The Labute approximate surface area is 207 Å². The Kier molecular flexibility index (Phi) is 8.17. The van der Waals surface area contributed by atoms with E-state index in [0.29, 0.717) is 12.1 Å². The zero-order valence-corrected chi connectivity index (χ0v) is 21.8. The minimum Gasteiger partial charge on any atom is -0.379 e. The maximum absolute atomic E-state index is 13.7. The molecule has 178 valence electrons. The van der Waals surface area contributed by atoms with Crippen LogP contribution in [-0.2, 0) is 10.2 Å². The van der Waals surface area contributed by atoms with Crippen molar-refractivity contribution in [3.05, 3.63) is 58.7 Å². The summed E-state index contributed by atoms with van der Waals surface area (Å²) in [4.78, 5) is 22.8. The molecule has 0 aliphatic carbocycles. The van der Waals surface area contributed by atoms with E-state index >= 15 is 0 Å². The van der Waals surface area contributed by atoms with Crippen LogP contribution in [0.5, 0.6) is 0 Å². The summed E-state index contributed by atoms with van der Waals surface area (Å²) < 4.78 is 6.60. The normalized spacial score (nSPS) is 14.8. The summed E-state index contributed by atoms with van der Waals surface area (Å²) in [5.74, 6) is 0.00662. The monoisotopic (exact) mass is 487 g/mol. The highest BCUT2D eigenvalue weighted by atomic mass is 35.5. The van der Waals surface area contributed by atoms with Crippen molar-refractivity contribution in [1.29, 1.82) is 0 Å². The Balaban J connectivity index is 0.00000306. The Hall–Kier alpha value is -1.99. The number of aryl methyl sites for hydroxylation is 2. The van der Waals surface area contributed by atoms with Crippen LogP contribution in [-0.4, -0.2) is 55.2 Å². The molecule has 1 aromatic heterocycles. The molecule has 0 bridgehead atoms. The van der Waals surface area contributed by atoms with Crippen molar-refractivity contribution in [3.8, 4) is 0 Å². The first-order valence-corrected chi connectivity index (χ1v) is 12.1. The van der Waals surface area contributed by atoms with E-state index in [9.17, 15) is 4.79 Å². The zero-order chi connectivity index (χ0) is 22.9. The summed E-state index contributed by atoms with van der Waals surface area (Å²) in [6.07, 6.45) is 0. The fourth-order valence-corrected chi connectivity index (χ4v) is 5.00. The third-order valence-electron chi connectivity index (χ3n) is 6.29. The average molecular weight is 488 g/mol. The van der Waals surface area contributed by atoms with Gasteiger partial charge in [0.15, 0.2) is 5.13 Å². The Morgan fingerprint density at radius 3 is 2.39 bits per heavy atom. The number of aromatic nitrogens is 1. The second kappa shape index (κ2) is 10.5. The van der Waals surface area contributed by atoms with Gasteiger partial charge in [-0.3, -0.25) is 14.6 Å². The van der Waals surface area contributed by atoms with Crippen molar-refractivity contribution in [3.63, 3.8) is 0 Å². The molecule has 1 saturated heterocycles. The lowest BCUT2D eigenvalue weighted by Crippen LogP contribution is -2.43. The van der Waals surface area contributed by atoms with E-state index in [2.05, 4.69) is 63.8 Å². The van der Waals surface area contributed by atoms with E-state index < -0.39 is 0 Å². The Morgan fingerprint density at radius 2 is 1.76 bits per heavy atom. The Bertz CT molecular complexity index is 1100. The van der Waals surface area contributed by atoms with Crippen LogP contribution in [0, 0.1) is 13.8 Å². The topological polar surface area (TPSA) is 45.7 Å². The number of fused-ring (bicyclic) bond motifs is 1. The number of benzene rings is 2. The molecule has 1 fully saturated rings. The van der Waals surface area contributed by atoms with Gasteiger partial charge in [0.25, 0.3) is 5.91 Å². The molecule has 5 nitrogen and oxygen atoms in total. The van der Waals surface area contributed by atoms with Crippen molar-refractivity contribution in [2.45, 2.75) is 40.0 Å². The molecule has 1 aliphatic heterocycles. The smallest absolute Gasteiger partial charge is 0.260 e. The van der Waals surface area contributed by atoms with Crippen molar-refractivity contribution in [2.24, 2.45) is 0 Å². The highest BCUT2D eigenvalue weighted by molar-refractivity contribution is 7.22. The van der Waals surface area contributed by atoms with Gasteiger partial charge < -0.3 is 4.74 Å². The molecule has 4 rings (SSSR count). The maximum Gasteiger partial charge on any atom is 0.260 e. The van der Waals surface area contributed by atoms with Crippen molar-refractivity contribution in [2.75, 3.05) is 44.3 Å². The highest BCUT2D eigenvalue weighted by Crippen LogP contribution is 2.33. The van der Waals surface area contributed by atoms with Gasteiger partial charge in [0, 0.05) is 31.7 Å². The number of ether oxygens (including phenoxy) is 1. The number of hydrogen-bond acceptors (Lipinski definition) is 5. The van der Waals surface area contributed by atoms with Crippen LogP contribution in [0.1, 0.15) is 47.8 Å². The number of amides is 1. The molecular weight excluding hydrogens is 454 g/mol. The molecule has 33 heavy (non-hydrogen) atoms. The van der Waals surface area contributed by atoms with Gasteiger partial charge in [-0.2, -0.15) is 0 Å². The summed E-state index contributed by atoms with van der Waals surface area (Å²) in [7, 11) is 0. The molecule has 3 aromatic rings. The number of morpholine rings is 1. The number of carbonyl (C=O) groups excluding carboxylic acids is 1. The van der Waals surface area contributed by atoms with Crippen LogP contribution in [0.15, 0.2) is 36.4 Å². The van der Waals surface area contributed by atoms with E-state index in [1.54, 1.807) is 11.3 Å². The van der Waals surface area contributed by atoms with Gasteiger partial charge in [-0.1, -0.05) is 50.3 Å². The van der Waals surface area contributed by atoms with E-state index in [1.807, 2.05) is 17.0 Å². The lowest BCUT2D eigenvalue weighted by molar-refractivity contribution is 0.0391. The minimum absolute atomic E-state index is 0. The largest absolute Gasteiger partial charge is 0.379 e. The van der Waals surface area contributed by atoms with Crippen LogP contribution >= 0.6 is 23.7 Å². The number of anilines is 1. The molecule has 0 saturated carbocycles. The number of thiazole rings is 1. The summed E-state index contributed by atoms with van der Waals surface area (Å²) >= 11 is 1.60.